The maximum atomic E-state index is 13.0. The summed E-state index contributed by atoms with van der Waals surface area (Å²) in [7, 11) is 0.232. The third-order valence-electron chi connectivity index (χ3n) is 3.72. The molecule has 7 heteroatoms. The van der Waals surface area contributed by atoms with Crippen LogP contribution in [-0.2, 0) is 10.0 Å². The lowest BCUT2D eigenvalue weighted by Gasteiger charge is -2.22. The molecule has 0 bridgehead atoms. The topological polar surface area (TPSA) is 92.7 Å². The Morgan fingerprint density at radius 1 is 0.913 bits per heavy atom. The fourth-order valence-electron chi connectivity index (χ4n) is 2.66. The third-order valence-corrected chi connectivity index (χ3v) is 5.67. The SMILES string of the molecule is CN(C)c1cccc2c(S(=O)(=O)N(CCN)CCN)cccc12. The predicted molar refractivity (Wildman–Crippen MR) is 95.1 cm³/mol. The lowest BCUT2D eigenvalue weighted by molar-refractivity contribution is 0.426. The fraction of sp³-hybridized carbons (Fsp3) is 0.375. The minimum atomic E-state index is -3.64. The Hall–Kier alpha value is -1.67. The van der Waals surface area contributed by atoms with Crippen LogP contribution in [0, 0.1) is 0 Å². The molecule has 0 radical (unpaired) electrons. The van der Waals surface area contributed by atoms with Gasteiger partial charge in [0.2, 0.25) is 10.0 Å². The zero-order valence-corrected chi connectivity index (χ0v) is 14.4. The molecule has 0 atom stereocenters. The van der Waals surface area contributed by atoms with E-state index in [9.17, 15) is 8.42 Å². The Balaban J connectivity index is 2.65. The molecule has 6 nitrogen and oxygen atoms in total. The lowest BCUT2D eigenvalue weighted by Crippen LogP contribution is -2.38. The maximum absolute atomic E-state index is 13.0. The van der Waals surface area contributed by atoms with Gasteiger partial charge in [0.15, 0.2) is 0 Å². The van der Waals surface area contributed by atoms with Gasteiger partial charge in [-0.15, -0.1) is 0 Å². The van der Waals surface area contributed by atoms with Gasteiger partial charge in [-0.05, 0) is 12.1 Å². The van der Waals surface area contributed by atoms with Crippen molar-refractivity contribution in [1.29, 1.82) is 0 Å². The van der Waals surface area contributed by atoms with Gasteiger partial charge in [-0.25, -0.2) is 8.42 Å². The van der Waals surface area contributed by atoms with Crippen molar-refractivity contribution in [2.24, 2.45) is 11.5 Å². The van der Waals surface area contributed by atoms with Crippen LogP contribution in [0.25, 0.3) is 10.8 Å². The van der Waals surface area contributed by atoms with Gasteiger partial charge in [0, 0.05) is 56.7 Å². The third kappa shape index (κ3) is 3.48. The summed E-state index contributed by atoms with van der Waals surface area (Å²) in [5, 5.41) is 1.61. The summed E-state index contributed by atoms with van der Waals surface area (Å²) < 4.78 is 27.4. The van der Waals surface area contributed by atoms with Crippen molar-refractivity contribution in [2.75, 3.05) is 45.2 Å². The van der Waals surface area contributed by atoms with Crippen molar-refractivity contribution in [3.63, 3.8) is 0 Å². The van der Waals surface area contributed by atoms with Gasteiger partial charge < -0.3 is 16.4 Å². The van der Waals surface area contributed by atoms with E-state index in [2.05, 4.69) is 0 Å². The monoisotopic (exact) mass is 336 g/mol. The highest BCUT2D eigenvalue weighted by molar-refractivity contribution is 7.89. The molecule has 126 valence electrons. The number of hydrogen-bond acceptors (Lipinski definition) is 5. The van der Waals surface area contributed by atoms with Crippen molar-refractivity contribution in [3.05, 3.63) is 36.4 Å². The fourth-order valence-corrected chi connectivity index (χ4v) is 4.33. The highest BCUT2D eigenvalue weighted by Crippen LogP contribution is 2.31. The molecule has 0 aliphatic carbocycles. The first-order chi connectivity index (χ1) is 10.9. The van der Waals surface area contributed by atoms with Crippen LogP contribution < -0.4 is 16.4 Å². The Morgan fingerprint density at radius 2 is 1.48 bits per heavy atom. The van der Waals surface area contributed by atoms with Crippen LogP contribution >= 0.6 is 0 Å². The number of rotatable bonds is 7. The number of hydrogen-bond donors (Lipinski definition) is 2. The molecule has 0 aliphatic rings. The molecule has 0 saturated carbocycles. The molecular weight excluding hydrogens is 312 g/mol. The predicted octanol–water partition coefficient (Wildman–Crippen LogP) is 0.814. The lowest BCUT2D eigenvalue weighted by atomic mass is 10.1. The summed E-state index contributed by atoms with van der Waals surface area (Å²) in [5.74, 6) is 0. The van der Waals surface area contributed by atoms with Crippen molar-refractivity contribution in [3.8, 4) is 0 Å². The van der Waals surface area contributed by atoms with E-state index in [4.69, 9.17) is 11.5 Å². The normalized spacial score (nSPS) is 12.0. The zero-order valence-electron chi connectivity index (χ0n) is 13.6. The van der Waals surface area contributed by atoms with E-state index in [1.54, 1.807) is 12.1 Å². The van der Waals surface area contributed by atoms with Crippen molar-refractivity contribution >= 4 is 26.5 Å². The van der Waals surface area contributed by atoms with Crippen molar-refractivity contribution in [2.45, 2.75) is 4.90 Å². The molecular formula is C16H24N4O2S. The second-order valence-electron chi connectivity index (χ2n) is 5.50. The average Bonchev–Trinajstić information content (AvgIpc) is 2.53. The van der Waals surface area contributed by atoms with E-state index in [0.717, 1.165) is 11.1 Å². The Labute approximate surface area is 137 Å². The second-order valence-corrected chi connectivity index (χ2v) is 7.41. The molecule has 23 heavy (non-hydrogen) atoms. The number of anilines is 1. The molecule has 0 aliphatic heterocycles. The summed E-state index contributed by atoms with van der Waals surface area (Å²) in [4.78, 5) is 2.26. The minimum Gasteiger partial charge on any atom is -0.377 e. The highest BCUT2D eigenvalue weighted by Gasteiger charge is 2.25. The summed E-state index contributed by atoms with van der Waals surface area (Å²) in [6.07, 6.45) is 0. The van der Waals surface area contributed by atoms with Crippen LogP contribution in [0.15, 0.2) is 41.3 Å². The molecule has 0 fully saturated rings. The Kier molecular flexibility index (Phi) is 5.59. The van der Waals surface area contributed by atoms with E-state index >= 15 is 0 Å². The molecule has 0 spiro atoms. The van der Waals surface area contributed by atoms with Gasteiger partial charge in [-0.1, -0.05) is 24.3 Å². The highest BCUT2D eigenvalue weighted by atomic mass is 32.2. The zero-order chi connectivity index (χ0) is 17.0. The molecule has 2 aromatic carbocycles. The van der Waals surface area contributed by atoms with E-state index < -0.39 is 10.0 Å². The minimum absolute atomic E-state index is 0.253. The van der Waals surface area contributed by atoms with Crippen LogP contribution in [0.1, 0.15) is 0 Å². The van der Waals surface area contributed by atoms with Crippen LogP contribution in [0.4, 0.5) is 5.69 Å². The molecule has 4 N–H and O–H groups in total. The quantitative estimate of drug-likeness (QED) is 0.781. The molecule has 2 aromatic rings. The molecule has 0 heterocycles. The Morgan fingerprint density at radius 3 is 2.04 bits per heavy atom. The van der Waals surface area contributed by atoms with E-state index in [1.807, 2.05) is 43.3 Å². The Bertz CT molecular complexity index is 769. The number of fused-ring (bicyclic) bond motifs is 1. The average molecular weight is 336 g/mol. The first kappa shape index (κ1) is 17.7. The van der Waals surface area contributed by atoms with Gasteiger partial charge >= 0.3 is 0 Å². The van der Waals surface area contributed by atoms with Crippen molar-refractivity contribution in [1.82, 2.24) is 4.31 Å². The van der Waals surface area contributed by atoms with E-state index in [1.165, 1.54) is 4.31 Å². The first-order valence-electron chi connectivity index (χ1n) is 7.53. The number of sulfonamides is 1. The van der Waals surface area contributed by atoms with Crippen LogP contribution in [0.5, 0.6) is 0 Å². The summed E-state index contributed by atoms with van der Waals surface area (Å²) in [5.41, 5.74) is 12.1. The first-order valence-corrected chi connectivity index (χ1v) is 8.97. The van der Waals surface area contributed by atoms with Gasteiger partial charge in [0.1, 0.15) is 0 Å². The van der Waals surface area contributed by atoms with E-state index in [-0.39, 0.29) is 26.2 Å². The van der Waals surface area contributed by atoms with Crippen molar-refractivity contribution < 1.29 is 8.42 Å². The number of benzene rings is 2. The smallest absolute Gasteiger partial charge is 0.243 e. The molecule has 2 rings (SSSR count). The molecule has 0 saturated heterocycles. The van der Waals surface area contributed by atoms with Gasteiger partial charge in [0.05, 0.1) is 4.90 Å². The largest absolute Gasteiger partial charge is 0.377 e. The standard InChI is InChI=1S/C16H24N4O2S/c1-19(2)15-7-3-6-14-13(15)5-4-8-16(14)23(21,22)20(11-9-17)12-10-18/h3-8H,9-12,17-18H2,1-2H3. The number of nitrogens with zero attached hydrogens (tertiary/aromatic N) is 2. The summed E-state index contributed by atoms with van der Waals surface area (Å²) in [6, 6.07) is 11.0. The van der Waals surface area contributed by atoms with E-state index in [0.29, 0.717) is 10.3 Å². The van der Waals surface area contributed by atoms with Crippen LogP contribution in [-0.4, -0.2) is 53.0 Å². The summed E-state index contributed by atoms with van der Waals surface area (Å²) in [6.45, 7) is 1.02. The van der Waals surface area contributed by atoms with Crippen LogP contribution in [0.2, 0.25) is 0 Å². The molecule has 0 unspecified atom stereocenters. The maximum Gasteiger partial charge on any atom is 0.243 e. The molecule has 0 aromatic heterocycles. The van der Waals surface area contributed by atoms with Gasteiger partial charge in [-0.2, -0.15) is 4.31 Å². The number of nitrogens with two attached hydrogens (primary N) is 2. The van der Waals surface area contributed by atoms with Gasteiger partial charge in [-0.3, -0.25) is 0 Å². The summed E-state index contributed by atoms with van der Waals surface area (Å²) >= 11 is 0. The van der Waals surface area contributed by atoms with Crippen LogP contribution in [0.3, 0.4) is 0 Å². The van der Waals surface area contributed by atoms with Gasteiger partial charge in [0.25, 0.3) is 0 Å². The second kappa shape index (κ2) is 7.27. The molecule has 0 amide bonds.